The van der Waals surface area contributed by atoms with Crippen molar-refractivity contribution in [2.45, 2.75) is 27.2 Å². The van der Waals surface area contributed by atoms with Crippen molar-refractivity contribution in [1.82, 2.24) is 5.32 Å². The third-order valence-corrected chi connectivity index (χ3v) is 6.24. The molecule has 6 heteroatoms. The average molecular weight is 503 g/mol. The third-order valence-electron chi connectivity index (χ3n) is 6.00. The Morgan fingerprint density at radius 1 is 1.03 bits per heavy atom. The fourth-order valence-corrected chi connectivity index (χ4v) is 4.39. The Morgan fingerprint density at radius 2 is 1.75 bits per heavy atom. The van der Waals surface area contributed by atoms with Gasteiger partial charge in [-0.15, -0.1) is 0 Å². The number of aryl methyl sites for hydroxylation is 1. The molecule has 0 aliphatic carbocycles. The van der Waals surface area contributed by atoms with Gasteiger partial charge in [-0.1, -0.05) is 73.5 Å². The smallest absolute Gasteiger partial charge is 0.251 e. The van der Waals surface area contributed by atoms with E-state index >= 15 is 0 Å². The molecule has 0 bridgehead atoms. The van der Waals surface area contributed by atoms with Gasteiger partial charge in [0.2, 0.25) is 5.88 Å². The van der Waals surface area contributed by atoms with Crippen molar-refractivity contribution < 1.29 is 9.21 Å². The first-order chi connectivity index (χ1) is 17.3. The first-order valence-electron chi connectivity index (χ1n) is 12.2. The van der Waals surface area contributed by atoms with Gasteiger partial charge in [0.25, 0.3) is 5.91 Å². The molecule has 3 aromatic carbocycles. The molecule has 0 aliphatic rings. The van der Waals surface area contributed by atoms with Crippen LogP contribution in [-0.4, -0.2) is 25.5 Å². The summed E-state index contributed by atoms with van der Waals surface area (Å²) in [4.78, 5) is 28.4. The second kappa shape index (κ2) is 11.4. The molecular weight excluding hydrogens is 472 g/mol. The molecule has 0 spiro atoms. The minimum atomic E-state index is -0.129. The standard InChI is InChI=1S/C30H31ClN2O3/c1-20(2)19-33(16-15-32-29(35)23-11-9-21(3)10-12-23)30-26(17-22-7-5-4-6-8-22)28(34)25-14-13-24(31)18-27(25)36-30/h4-14,18,20H,15-17,19H2,1-3H3,(H,32,35). The molecule has 1 aromatic heterocycles. The van der Waals surface area contributed by atoms with Crippen molar-refractivity contribution in [2.24, 2.45) is 5.92 Å². The van der Waals surface area contributed by atoms with Gasteiger partial charge < -0.3 is 14.6 Å². The van der Waals surface area contributed by atoms with E-state index in [1.165, 1.54) is 0 Å². The lowest BCUT2D eigenvalue weighted by molar-refractivity contribution is 0.0954. The van der Waals surface area contributed by atoms with Gasteiger partial charge in [-0.2, -0.15) is 0 Å². The van der Waals surface area contributed by atoms with Gasteiger partial charge in [0.05, 0.1) is 10.9 Å². The number of fused-ring (bicyclic) bond motifs is 1. The van der Waals surface area contributed by atoms with Crippen LogP contribution in [-0.2, 0) is 6.42 Å². The summed E-state index contributed by atoms with van der Waals surface area (Å²) in [6, 6.07) is 22.5. The van der Waals surface area contributed by atoms with Crippen LogP contribution in [0.3, 0.4) is 0 Å². The minimum absolute atomic E-state index is 0.0655. The predicted molar refractivity (Wildman–Crippen MR) is 147 cm³/mol. The Bertz CT molecular complexity index is 1400. The summed E-state index contributed by atoms with van der Waals surface area (Å²) in [5.74, 6) is 0.704. The van der Waals surface area contributed by atoms with E-state index in [0.717, 1.165) is 11.1 Å². The molecule has 4 aromatic rings. The van der Waals surface area contributed by atoms with E-state index in [4.69, 9.17) is 16.0 Å². The van der Waals surface area contributed by atoms with Crippen LogP contribution in [0.5, 0.6) is 0 Å². The highest BCUT2D eigenvalue weighted by atomic mass is 35.5. The number of hydrogen-bond acceptors (Lipinski definition) is 4. The van der Waals surface area contributed by atoms with Crippen LogP contribution in [0.2, 0.25) is 5.02 Å². The second-order valence-corrected chi connectivity index (χ2v) is 9.92. The fraction of sp³-hybridized carbons (Fsp3) is 0.267. The number of anilines is 1. The number of carbonyl (C=O) groups excluding carboxylic acids is 1. The number of rotatable bonds is 9. The van der Waals surface area contributed by atoms with Crippen LogP contribution in [0.4, 0.5) is 5.88 Å². The van der Waals surface area contributed by atoms with E-state index in [1.54, 1.807) is 18.2 Å². The highest BCUT2D eigenvalue weighted by molar-refractivity contribution is 6.31. The summed E-state index contributed by atoms with van der Waals surface area (Å²) >= 11 is 6.22. The first kappa shape index (κ1) is 25.5. The van der Waals surface area contributed by atoms with Crippen LogP contribution in [0, 0.1) is 12.8 Å². The zero-order chi connectivity index (χ0) is 25.7. The molecule has 4 rings (SSSR count). The van der Waals surface area contributed by atoms with Gasteiger partial charge in [0, 0.05) is 42.7 Å². The number of hydrogen-bond donors (Lipinski definition) is 1. The summed E-state index contributed by atoms with van der Waals surface area (Å²) in [6.07, 6.45) is 0.446. The summed E-state index contributed by atoms with van der Waals surface area (Å²) in [5.41, 5.74) is 3.73. The number of carbonyl (C=O) groups is 1. The van der Waals surface area contributed by atoms with Crippen LogP contribution in [0.25, 0.3) is 11.0 Å². The molecule has 0 unspecified atom stereocenters. The number of nitrogens with zero attached hydrogens (tertiary/aromatic N) is 1. The predicted octanol–water partition coefficient (Wildman–Crippen LogP) is 6.24. The minimum Gasteiger partial charge on any atom is -0.440 e. The monoisotopic (exact) mass is 502 g/mol. The highest BCUT2D eigenvalue weighted by Crippen LogP contribution is 2.28. The van der Waals surface area contributed by atoms with Crippen LogP contribution >= 0.6 is 11.6 Å². The van der Waals surface area contributed by atoms with Gasteiger partial charge in [0.15, 0.2) is 5.43 Å². The Hall–Kier alpha value is -3.57. The number of halogens is 1. The molecule has 36 heavy (non-hydrogen) atoms. The van der Waals surface area contributed by atoms with Crippen molar-refractivity contribution in [1.29, 1.82) is 0 Å². The molecule has 0 saturated heterocycles. The Morgan fingerprint density at radius 3 is 2.44 bits per heavy atom. The molecule has 0 aliphatic heterocycles. The first-order valence-corrected chi connectivity index (χ1v) is 12.6. The van der Waals surface area contributed by atoms with Gasteiger partial charge in [-0.05, 0) is 42.7 Å². The SMILES string of the molecule is Cc1ccc(C(=O)NCCN(CC(C)C)c2oc3cc(Cl)ccc3c(=O)c2Cc2ccccc2)cc1. The molecule has 5 nitrogen and oxygen atoms in total. The third kappa shape index (κ3) is 6.16. The van der Waals surface area contributed by atoms with Crippen molar-refractivity contribution >= 4 is 34.4 Å². The van der Waals surface area contributed by atoms with E-state index < -0.39 is 0 Å². The zero-order valence-electron chi connectivity index (χ0n) is 20.9. The van der Waals surface area contributed by atoms with Gasteiger partial charge in [-0.25, -0.2) is 0 Å². The Balaban J connectivity index is 1.67. The molecule has 1 heterocycles. The Kier molecular flexibility index (Phi) is 8.11. The lowest BCUT2D eigenvalue weighted by Crippen LogP contribution is -2.38. The largest absolute Gasteiger partial charge is 0.440 e. The van der Waals surface area contributed by atoms with E-state index in [0.29, 0.717) is 65.0 Å². The maximum Gasteiger partial charge on any atom is 0.251 e. The molecule has 1 N–H and O–H groups in total. The normalized spacial score (nSPS) is 11.1. The maximum atomic E-state index is 13.7. The Labute approximate surface area is 216 Å². The quantitative estimate of drug-likeness (QED) is 0.294. The number of benzene rings is 3. The number of amides is 1. The van der Waals surface area contributed by atoms with E-state index in [-0.39, 0.29) is 11.3 Å². The van der Waals surface area contributed by atoms with Crippen molar-refractivity contribution in [3.8, 4) is 0 Å². The summed E-state index contributed by atoms with van der Waals surface area (Å²) in [7, 11) is 0. The number of nitrogens with one attached hydrogen (secondary N) is 1. The maximum absolute atomic E-state index is 13.7. The molecule has 0 fully saturated rings. The summed E-state index contributed by atoms with van der Waals surface area (Å²) in [5, 5.41) is 4.01. The highest BCUT2D eigenvalue weighted by Gasteiger charge is 2.21. The van der Waals surface area contributed by atoms with Crippen molar-refractivity contribution in [2.75, 3.05) is 24.5 Å². The molecule has 0 radical (unpaired) electrons. The van der Waals surface area contributed by atoms with Gasteiger partial charge in [0.1, 0.15) is 5.58 Å². The molecule has 0 atom stereocenters. The zero-order valence-corrected chi connectivity index (χ0v) is 21.6. The molecular formula is C30H31ClN2O3. The average Bonchev–Trinajstić information content (AvgIpc) is 2.85. The summed E-state index contributed by atoms with van der Waals surface area (Å²) < 4.78 is 6.37. The van der Waals surface area contributed by atoms with Crippen LogP contribution < -0.4 is 15.6 Å². The van der Waals surface area contributed by atoms with Gasteiger partial charge in [-0.3, -0.25) is 9.59 Å². The van der Waals surface area contributed by atoms with Crippen LogP contribution in [0.15, 0.2) is 82.0 Å². The fourth-order valence-electron chi connectivity index (χ4n) is 4.23. The molecule has 1 amide bonds. The van der Waals surface area contributed by atoms with Gasteiger partial charge >= 0.3 is 0 Å². The molecule has 186 valence electrons. The molecule has 0 saturated carbocycles. The lowest BCUT2D eigenvalue weighted by Gasteiger charge is -2.27. The van der Waals surface area contributed by atoms with Crippen molar-refractivity contribution in [3.63, 3.8) is 0 Å². The topological polar surface area (TPSA) is 62.6 Å². The summed E-state index contributed by atoms with van der Waals surface area (Å²) in [6.45, 7) is 7.78. The van der Waals surface area contributed by atoms with Crippen molar-refractivity contribution in [3.05, 3.63) is 110 Å². The van der Waals surface area contributed by atoms with Crippen LogP contribution in [0.1, 0.15) is 40.9 Å². The lowest BCUT2D eigenvalue weighted by atomic mass is 10.0. The second-order valence-electron chi connectivity index (χ2n) is 9.48. The van der Waals surface area contributed by atoms with E-state index in [9.17, 15) is 9.59 Å². The van der Waals surface area contributed by atoms with E-state index in [2.05, 4.69) is 24.1 Å². The van der Waals surface area contributed by atoms with E-state index in [1.807, 2.05) is 61.5 Å².